The summed E-state index contributed by atoms with van der Waals surface area (Å²) in [6.07, 6.45) is 0.858. The molecule has 1 aromatic carbocycles. The van der Waals surface area contributed by atoms with Crippen LogP contribution in [-0.4, -0.2) is 58.6 Å². The van der Waals surface area contributed by atoms with E-state index in [2.05, 4.69) is 6.42 Å². The monoisotopic (exact) mass is 419 g/mol. The van der Waals surface area contributed by atoms with E-state index in [1.807, 2.05) is 58.0 Å². The Hall–Kier alpha value is -1.61. The lowest BCUT2D eigenvalue weighted by Gasteiger charge is -2.42. The van der Waals surface area contributed by atoms with E-state index in [-0.39, 0.29) is 23.7 Å². The maximum absolute atomic E-state index is 12.5. The van der Waals surface area contributed by atoms with Crippen LogP contribution < -0.4 is 0 Å². The van der Waals surface area contributed by atoms with Crippen molar-refractivity contribution in [1.29, 1.82) is 0 Å². The number of hydrogen-bond donors (Lipinski definition) is 0. The molecule has 1 amide bonds. The van der Waals surface area contributed by atoms with E-state index in [4.69, 9.17) is 23.9 Å². The molecular weight excluding hydrogens is 392 g/mol. The molecular formula is C21H27N2O5S. The molecule has 5 atom stereocenters. The van der Waals surface area contributed by atoms with E-state index in [0.29, 0.717) is 18.3 Å². The van der Waals surface area contributed by atoms with Gasteiger partial charge >= 0.3 is 6.09 Å². The molecule has 0 saturated carbocycles. The van der Waals surface area contributed by atoms with Gasteiger partial charge in [0.2, 0.25) is 0 Å². The number of rotatable bonds is 2. The van der Waals surface area contributed by atoms with Gasteiger partial charge in [-0.1, -0.05) is 42.1 Å². The molecule has 2 fully saturated rings. The third-order valence-corrected chi connectivity index (χ3v) is 5.91. The van der Waals surface area contributed by atoms with Crippen molar-refractivity contribution < 1.29 is 23.7 Å². The number of fused-ring (bicyclic) bond motifs is 2. The molecule has 3 heterocycles. The van der Waals surface area contributed by atoms with Crippen LogP contribution in [0.15, 0.2) is 35.3 Å². The Morgan fingerprint density at radius 1 is 1.28 bits per heavy atom. The van der Waals surface area contributed by atoms with Crippen molar-refractivity contribution in [1.82, 2.24) is 4.90 Å². The van der Waals surface area contributed by atoms with Crippen LogP contribution in [0.1, 0.15) is 39.5 Å². The van der Waals surface area contributed by atoms with Gasteiger partial charge in [0.1, 0.15) is 17.1 Å². The van der Waals surface area contributed by atoms with Gasteiger partial charge in [0.15, 0.2) is 11.5 Å². The summed E-state index contributed by atoms with van der Waals surface area (Å²) in [4.78, 5) is 18.8. The van der Waals surface area contributed by atoms with Crippen molar-refractivity contribution in [2.75, 3.05) is 13.2 Å². The summed E-state index contributed by atoms with van der Waals surface area (Å²) in [6, 6.07) is 9.68. The first-order valence-electron chi connectivity index (χ1n) is 9.91. The summed E-state index contributed by atoms with van der Waals surface area (Å²) >= 11 is 1.45. The highest BCUT2D eigenvalue weighted by Crippen LogP contribution is 2.41. The fourth-order valence-corrected chi connectivity index (χ4v) is 4.62. The highest BCUT2D eigenvalue weighted by atomic mass is 32.2. The van der Waals surface area contributed by atoms with E-state index in [0.717, 1.165) is 5.56 Å². The second-order valence-electron chi connectivity index (χ2n) is 8.16. The Balaban J connectivity index is 1.43. The van der Waals surface area contributed by atoms with Gasteiger partial charge in [0.05, 0.1) is 18.8 Å². The van der Waals surface area contributed by atoms with E-state index < -0.39 is 18.0 Å². The molecule has 0 bridgehead atoms. The largest absolute Gasteiger partial charge is 0.443 e. The van der Waals surface area contributed by atoms with E-state index in [9.17, 15) is 4.79 Å². The summed E-state index contributed by atoms with van der Waals surface area (Å²) in [5.41, 5.74) is 0.229. The number of amides is 1. The lowest BCUT2D eigenvalue weighted by Crippen LogP contribution is -2.51. The van der Waals surface area contributed by atoms with Crippen LogP contribution in [-0.2, 0) is 18.9 Å². The molecule has 3 aliphatic rings. The fourth-order valence-electron chi connectivity index (χ4n) is 3.41. The molecule has 3 aliphatic heterocycles. The lowest BCUT2D eigenvalue weighted by atomic mass is 10.0. The quantitative estimate of drug-likeness (QED) is 0.727. The van der Waals surface area contributed by atoms with Gasteiger partial charge in [-0.2, -0.15) is 0 Å². The van der Waals surface area contributed by atoms with Crippen molar-refractivity contribution >= 4 is 23.0 Å². The average molecular weight is 420 g/mol. The normalized spacial score (nSPS) is 31.4. The molecule has 157 valence electrons. The summed E-state index contributed by atoms with van der Waals surface area (Å²) < 4.78 is 23.7. The number of amidine groups is 1. The minimum absolute atomic E-state index is 0.178. The van der Waals surface area contributed by atoms with Gasteiger partial charge in [0, 0.05) is 18.5 Å². The molecule has 0 N–H and O–H groups in total. The van der Waals surface area contributed by atoms with Gasteiger partial charge in [-0.3, -0.25) is 9.89 Å². The average Bonchev–Trinajstić information content (AvgIpc) is 3.07. The number of thioether (sulfide) groups is 1. The molecule has 0 aromatic heterocycles. The SMILES string of the molecule is CCN(C(=O)OC(C)(C)C)C1=N[C@@H]2[CH][C@H]3OC(c4ccccc4)OC[C@H]3O[C@@H]2S1. The second-order valence-corrected chi connectivity index (χ2v) is 9.22. The predicted molar refractivity (Wildman–Crippen MR) is 110 cm³/mol. The summed E-state index contributed by atoms with van der Waals surface area (Å²) in [5.74, 6) is 0. The van der Waals surface area contributed by atoms with Crippen molar-refractivity contribution in [3.05, 3.63) is 42.3 Å². The Bertz CT molecular complexity index is 766. The first-order chi connectivity index (χ1) is 13.8. The zero-order valence-corrected chi connectivity index (χ0v) is 17.9. The fraction of sp³-hybridized carbons (Fsp3) is 0.571. The topological polar surface area (TPSA) is 69.6 Å². The lowest BCUT2D eigenvalue weighted by molar-refractivity contribution is -0.269. The number of benzene rings is 1. The first-order valence-corrected chi connectivity index (χ1v) is 10.8. The number of carbonyl (C=O) groups is 1. The smallest absolute Gasteiger partial charge is 0.416 e. The molecule has 29 heavy (non-hydrogen) atoms. The van der Waals surface area contributed by atoms with Gasteiger partial charge < -0.3 is 18.9 Å². The predicted octanol–water partition coefficient (Wildman–Crippen LogP) is 3.76. The summed E-state index contributed by atoms with van der Waals surface area (Å²) in [6.45, 7) is 8.38. The van der Waals surface area contributed by atoms with Gasteiger partial charge in [-0.05, 0) is 27.7 Å². The number of hydrogen-bond acceptors (Lipinski definition) is 7. The van der Waals surface area contributed by atoms with Gasteiger partial charge in [-0.15, -0.1) is 0 Å². The third-order valence-electron chi connectivity index (χ3n) is 4.75. The molecule has 0 spiro atoms. The molecule has 1 aromatic rings. The Kier molecular flexibility index (Phi) is 5.88. The van der Waals surface area contributed by atoms with Crippen molar-refractivity contribution in [2.24, 2.45) is 4.99 Å². The van der Waals surface area contributed by atoms with E-state index in [1.54, 1.807) is 4.90 Å². The Morgan fingerprint density at radius 2 is 2.03 bits per heavy atom. The minimum atomic E-state index is -0.559. The third kappa shape index (κ3) is 4.60. The highest BCUT2D eigenvalue weighted by Gasteiger charge is 2.47. The maximum Gasteiger partial charge on any atom is 0.416 e. The first kappa shape index (κ1) is 20.7. The second kappa shape index (κ2) is 8.26. The molecule has 2 saturated heterocycles. The van der Waals surface area contributed by atoms with E-state index in [1.165, 1.54) is 11.8 Å². The molecule has 7 nitrogen and oxygen atoms in total. The van der Waals surface area contributed by atoms with Crippen molar-refractivity contribution in [3.8, 4) is 0 Å². The van der Waals surface area contributed by atoms with Crippen LogP contribution in [0.3, 0.4) is 0 Å². The van der Waals surface area contributed by atoms with Gasteiger partial charge in [0.25, 0.3) is 0 Å². The molecule has 4 rings (SSSR count). The molecule has 8 heteroatoms. The summed E-state index contributed by atoms with van der Waals surface area (Å²) in [7, 11) is 0. The van der Waals surface area contributed by atoms with Crippen LogP contribution in [0.4, 0.5) is 4.79 Å². The summed E-state index contributed by atoms with van der Waals surface area (Å²) in [5, 5.41) is 0.618. The van der Waals surface area contributed by atoms with Gasteiger partial charge in [-0.25, -0.2) is 4.79 Å². The standard InChI is InChI=1S/C21H27N2O5S/c1-5-23(20(24)28-21(2,3)4)19-22-14-11-15-16(27-18(14)29-19)12-25-17(26-15)13-9-7-6-8-10-13/h6-11,14-18H,5,12H2,1-4H3/t14-,15-,16-,17?,18-/m1/s1. The number of nitrogens with zero attached hydrogens (tertiary/aromatic N) is 2. The van der Waals surface area contributed by atoms with Crippen LogP contribution in [0.2, 0.25) is 0 Å². The van der Waals surface area contributed by atoms with Crippen molar-refractivity contribution in [3.63, 3.8) is 0 Å². The Morgan fingerprint density at radius 3 is 2.72 bits per heavy atom. The van der Waals surface area contributed by atoms with Crippen LogP contribution in [0.5, 0.6) is 0 Å². The number of aliphatic imine (C=N–C) groups is 1. The van der Waals surface area contributed by atoms with Crippen LogP contribution in [0, 0.1) is 6.42 Å². The molecule has 0 aliphatic carbocycles. The van der Waals surface area contributed by atoms with E-state index >= 15 is 0 Å². The van der Waals surface area contributed by atoms with Crippen LogP contribution in [0.25, 0.3) is 0 Å². The minimum Gasteiger partial charge on any atom is -0.443 e. The Labute approximate surface area is 175 Å². The molecule has 1 radical (unpaired) electrons. The maximum atomic E-state index is 12.5. The number of ether oxygens (including phenoxy) is 4. The van der Waals surface area contributed by atoms with Crippen molar-refractivity contribution in [2.45, 2.75) is 63.3 Å². The molecule has 1 unspecified atom stereocenters. The number of carbonyl (C=O) groups excluding carboxylic acids is 1. The zero-order chi connectivity index (χ0) is 20.6. The van der Waals surface area contributed by atoms with Crippen LogP contribution >= 0.6 is 11.8 Å². The zero-order valence-electron chi connectivity index (χ0n) is 17.1. The highest BCUT2D eigenvalue weighted by molar-refractivity contribution is 8.14.